The van der Waals surface area contributed by atoms with Gasteiger partial charge in [-0.25, -0.2) is 4.68 Å². The van der Waals surface area contributed by atoms with Crippen molar-refractivity contribution >= 4 is 22.7 Å². The molecular weight excluding hydrogens is 464 g/mol. The van der Waals surface area contributed by atoms with E-state index in [9.17, 15) is 9.59 Å². The van der Waals surface area contributed by atoms with Crippen LogP contribution in [0.2, 0.25) is 0 Å². The first-order valence-corrected chi connectivity index (χ1v) is 12.5. The average Bonchev–Trinajstić information content (AvgIpc) is 3.41. The molecule has 2 heterocycles. The van der Waals surface area contributed by atoms with Crippen LogP contribution in [0.15, 0.2) is 66.7 Å². The van der Waals surface area contributed by atoms with E-state index < -0.39 is 0 Å². The molecule has 8 heteroatoms. The molecule has 0 aliphatic carbocycles. The summed E-state index contributed by atoms with van der Waals surface area (Å²) >= 11 is 0. The Morgan fingerprint density at radius 3 is 2.00 bits per heavy atom. The average molecular weight is 501 g/mol. The fourth-order valence-corrected chi connectivity index (χ4v) is 4.39. The molecule has 2 aromatic heterocycles. The molecule has 0 spiro atoms. The normalized spacial score (nSPS) is 11.4. The molecule has 0 aliphatic heterocycles. The Morgan fingerprint density at radius 1 is 0.757 bits per heavy atom. The first-order chi connectivity index (χ1) is 17.8. The van der Waals surface area contributed by atoms with Crippen LogP contribution in [0.3, 0.4) is 0 Å². The molecule has 8 nitrogen and oxygen atoms in total. The number of carbonyl (C=O) groups is 2. The van der Waals surface area contributed by atoms with Gasteiger partial charge in [-0.05, 0) is 53.3 Å². The number of amides is 2. The summed E-state index contributed by atoms with van der Waals surface area (Å²) in [5.74, 6) is -0.300. The van der Waals surface area contributed by atoms with Crippen molar-refractivity contribution in [3.63, 3.8) is 0 Å². The number of nitrogens with one attached hydrogen (secondary N) is 2. The number of benzene rings is 2. The SMILES string of the molecule is Cc1c(C(=O)NCCN(C)C)cc(-c2ccccc2)n1-n1c(C(=O)NCCN(C)C)cc2ccccc21. The highest BCUT2D eigenvalue weighted by molar-refractivity contribution is 6.00. The molecule has 0 radical (unpaired) electrons. The first kappa shape index (κ1) is 26.2. The van der Waals surface area contributed by atoms with Gasteiger partial charge in [0.15, 0.2) is 0 Å². The molecule has 37 heavy (non-hydrogen) atoms. The summed E-state index contributed by atoms with van der Waals surface area (Å²) in [6.07, 6.45) is 0. The summed E-state index contributed by atoms with van der Waals surface area (Å²) in [5, 5.41) is 7.03. The molecular formula is C29H36N6O2. The minimum Gasteiger partial charge on any atom is -0.351 e. The highest BCUT2D eigenvalue weighted by Crippen LogP contribution is 2.30. The summed E-state index contributed by atoms with van der Waals surface area (Å²) in [6.45, 7) is 4.49. The third-order valence-corrected chi connectivity index (χ3v) is 6.34. The lowest BCUT2D eigenvalue weighted by Gasteiger charge is -2.19. The number of aromatic nitrogens is 2. The van der Waals surface area contributed by atoms with Crippen LogP contribution in [0.25, 0.3) is 22.2 Å². The highest BCUT2D eigenvalue weighted by Gasteiger charge is 2.24. The summed E-state index contributed by atoms with van der Waals surface area (Å²) < 4.78 is 3.91. The number of hydrogen-bond acceptors (Lipinski definition) is 4. The maximum Gasteiger partial charge on any atom is 0.269 e. The Kier molecular flexibility index (Phi) is 8.11. The topological polar surface area (TPSA) is 74.5 Å². The molecule has 4 rings (SSSR count). The molecule has 0 fully saturated rings. The van der Waals surface area contributed by atoms with Gasteiger partial charge in [0.2, 0.25) is 0 Å². The van der Waals surface area contributed by atoms with Crippen molar-refractivity contribution in [2.24, 2.45) is 0 Å². The second kappa shape index (κ2) is 11.5. The van der Waals surface area contributed by atoms with Crippen molar-refractivity contribution in [3.05, 3.63) is 83.7 Å². The predicted octanol–water partition coefficient (Wildman–Crippen LogP) is 3.31. The number of rotatable bonds is 10. The minimum atomic E-state index is -0.165. The van der Waals surface area contributed by atoms with Gasteiger partial charge in [0.1, 0.15) is 5.69 Å². The van der Waals surface area contributed by atoms with Gasteiger partial charge in [0.05, 0.1) is 22.5 Å². The highest BCUT2D eigenvalue weighted by atomic mass is 16.2. The van der Waals surface area contributed by atoms with E-state index in [1.54, 1.807) is 0 Å². The smallest absolute Gasteiger partial charge is 0.269 e. The third kappa shape index (κ3) is 5.76. The van der Waals surface area contributed by atoms with Gasteiger partial charge in [0.25, 0.3) is 11.8 Å². The van der Waals surface area contributed by atoms with Gasteiger partial charge in [0, 0.05) is 37.1 Å². The zero-order valence-electron chi connectivity index (χ0n) is 22.3. The minimum absolute atomic E-state index is 0.135. The molecule has 4 aromatic rings. The molecule has 0 saturated carbocycles. The van der Waals surface area contributed by atoms with E-state index in [0.717, 1.165) is 40.9 Å². The Hall–Kier alpha value is -3.88. The molecule has 0 bridgehead atoms. The van der Waals surface area contributed by atoms with Crippen LogP contribution in [0.5, 0.6) is 0 Å². The van der Waals surface area contributed by atoms with Crippen LogP contribution in [0.4, 0.5) is 0 Å². The van der Waals surface area contributed by atoms with Crippen molar-refractivity contribution in [3.8, 4) is 11.3 Å². The van der Waals surface area contributed by atoms with Crippen molar-refractivity contribution in [1.29, 1.82) is 0 Å². The number of carbonyl (C=O) groups excluding carboxylic acids is 2. The summed E-state index contributed by atoms with van der Waals surface area (Å²) in [7, 11) is 7.90. The third-order valence-electron chi connectivity index (χ3n) is 6.34. The molecule has 2 N–H and O–H groups in total. The van der Waals surface area contributed by atoms with E-state index in [1.165, 1.54) is 0 Å². The van der Waals surface area contributed by atoms with Crippen molar-refractivity contribution < 1.29 is 9.59 Å². The summed E-state index contributed by atoms with van der Waals surface area (Å²) in [6, 6.07) is 21.7. The second-order valence-electron chi connectivity index (χ2n) is 9.73. The number of hydrogen-bond donors (Lipinski definition) is 2. The van der Waals surface area contributed by atoms with Crippen LogP contribution in [0.1, 0.15) is 26.5 Å². The van der Waals surface area contributed by atoms with Crippen LogP contribution < -0.4 is 10.6 Å². The lowest BCUT2D eigenvalue weighted by Crippen LogP contribution is -2.33. The predicted molar refractivity (Wildman–Crippen MR) is 149 cm³/mol. The largest absolute Gasteiger partial charge is 0.351 e. The van der Waals surface area contributed by atoms with E-state index in [1.807, 2.05) is 121 Å². The molecule has 2 amide bonds. The molecule has 0 unspecified atom stereocenters. The van der Waals surface area contributed by atoms with Crippen molar-refractivity contribution in [1.82, 2.24) is 29.8 Å². The fourth-order valence-electron chi connectivity index (χ4n) is 4.39. The summed E-state index contributed by atoms with van der Waals surface area (Å²) in [5.41, 5.74) is 4.51. The molecule has 0 saturated heterocycles. The molecule has 0 aliphatic rings. The van der Waals surface area contributed by atoms with Crippen LogP contribution >= 0.6 is 0 Å². The van der Waals surface area contributed by atoms with Crippen LogP contribution in [-0.4, -0.2) is 85.3 Å². The van der Waals surface area contributed by atoms with Gasteiger partial charge in [-0.2, -0.15) is 0 Å². The fraction of sp³-hybridized carbons (Fsp3) is 0.310. The van der Waals surface area contributed by atoms with E-state index >= 15 is 0 Å². The maximum absolute atomic E-state index is 13.4. The molecule has 0 atom stereocenters. The zero-order valence-corrected chi connectivity index (χ0v) is 22.3. The van der Waals surface area contributed by atoms with E-state index in [4.69, 9.17) is 0 Å². The number of nitrogens with zero attached hydrogens (tertiary/aromatic N) is 4. The van der Waals surface area contributed by atoms with Crippen LogP contribution in [-0.2, 0) is 0 Å². The van der Waals surface area contributed by atoms with Crippen LogP contribution in [0, 0.1) is 6.92 Å². The standard InChI is InChI=1S/C29H36N6O2/c1-21-24(28(36)30-15-17-32(2)3)20-26(22-11-7-6-8-12-22)34(21)35-25-14-10-9-13-23(25)19-27(35)29(37)31-16-18-33(4)5/h6-14,19-20H,15-18H2,1-5H3,(H,30,36)(H,31,37). The number of likely N-dealkylation sites (N-methyl/N-ethyl adjacent to an activating group) is 2. The van der Waals surface area contributed by atoms with Gasteiger partial charge >= 0.3 is 0 Å². The second-order valence-corrected chi connectivity index (χ2v) is 9.73. The van der Waals surface area contributed by atoms with Crippen molar-refractivity contribution in [2.45, 2.75) is 6.92 Å². The summed E-state index contributed by atoms with van der Waals surface area (Å²) in [4.78, 5) is 30.8. The van der Waals surface area contributed by atoms with Gasteiger partial charge < -0.3 is 20.4 Å². The Morgan fingerprint density at radius 2 is 1.35 bits per heavy atom. The number of fused-ring (bicyclic) bond motifs is 1. The van der Waals surface area contributed by atoms with E-state index in [2.05, 4.69) is 10.6 Å². The zero-order chi connectivity index (χ0) is 26.5. The quantitative estimate of drug-likeness (QED) is 0.350. The van der Waals surface area contributed by atoms with Gasteiger partial charge in [-0.1, -0.05) is 48.5 Å². The first-order valence-electron chi connectivity index (χ1n) is 12.5. The lowest BCUT2D eigenvalue weighted by atomic mass is 10.1. The van der Waals surface area contributed by atoms with E-state index in [0.29, 0.717) is 24.3 Å². The van der Waals surface area contributed by atoms with Crippen molar-refractivity contribution in [2.75, 3.05) is 54.4 Å². The van der Waals surface area contributed by atoms with Gasteiger partial charge in [-0.3, -0.25) is 14.3 Å². The monoisotopic (exact) mass is 500 g/mol. The Bertz CT molecular complexity index is 1380. The maximum atomic E-state index is 13.4. The molecule has 194 valence electrons. The number of para-hydroxylation sites is 1. The lowest BCUT2D eigenvalue weighted by molar-refractivity contribution is 0.0938. The van der Waals surface area contributed by atoms with Gasteiger partial charge in [-0.15, -0.1) is 0 Å². The Labute approximate surface area is 218 Å². The Balaban J connectivity index is 1.87. The molecule has 2 aromatic carbocycles. The van der Waals surface area contributed by atoms with E-state index in [-0.39, 0.29) is 11.8 Å².